The number of likely N-dealkylation sites (N-methyl/N-ethyl adjacent to an activating group) is 1. The number of rotatable bonds is 5. The first-order valence-corrected chi connectivity index (χ1v) is 6.03. The van der Waals surface area contributed by atoms with Crippen LogP contribution < -0.4 is 5.32 Å². The molecular formula is C13H23N3O. The van der Waals surface area contributed by atoms with Gasteiger partial charge < -0.3 is 10.1 Å². The third-order valence-electron chi connectivity index (χ3n) is 3.06. The predicted molar refractivity (Wildman–Crippen MR) is 69.3 cm³/mol. The first-order chi connectivity index (χ1) is 8.01. The summed E-state index contributed by atoms with van der Waals surface area (Å²) >= 11 is 0. The Morgan fingerprint density at radius 1 is 1.18 bits per heavy atom. The van der Waals surface area contributed by atoms with E-state index in [1.54, 1.807) is 7.11 Å². The highest BCUT2D eigenvalue weighted by Crippen LogP contribution is 2.22. The van der Waals surface area contributed by atoms with Gasteiger partial charge in [0, 0.05) is 25.0 Å². The van der Waals surface area contributed by atoms with Gasteiger partial charge in [0.05, 0.1) is 0 Å². The zero-order valence-electron chi connectivity index (χ0n) is 11.7. The quantitative estimate of drug-likeness (QED) is 0.852. The number of ether oxygens (including phenoxy) is 1. The fourth-order valence-electron chi connectivity index (χ4n) is 2.16. The summed E-state index contributed by atoms with van der Waals surface area (Å²) in [5.74, 6) is 1.19. The molecule has 96 valence electrons. The maximum atomic E-state index is 5.26. The van der Waals surface area contributed by atoms with Crippen molar-refractivity contribution >= 4 is 0 Å². The van der Waals surface area contributed by atoms with Gasteiger partial charge in [-0.1, -0.05) is 6.92 Å². The number of aryl methyl sites for hydroxylation is 2. The smallest absolute Gasteiger partial charge is 0.157 e. The van der Waals surface area contributed by atoms with E-state index in [1.165, 1.54) is 5.56 Å². The summed E-state index contributed by atoms with van der Waals surface area (Å²) in [6.07, 6.45) is -0.0546. The molecule has 0 bridgehead atoms. The highest BCUT2D eigenvalue weighted by molar-refractivity contribution is 5.28. The van der Waals surface area contributed by atoms with E-state index < -0.39 is 0 Å². The fraction of sp³-hybridized carbons (Fsp3) is 0.692. The summed E-state index contributed by atoms with van der Waals surface area (Å²) in [5.41, 5.74) is 3.35. The Kier molecular flexibility index (Phi) is 5.02. The van der Waals surface area contributed by atoms with Gasteiger partial charge in [-0.3, -0.25) is 0 Å². The molecule has 1 N–H and O–H groups in total. The first kappa shape index (κ1) is 14.1. The van der Waals surface area contributed by atoms with Gasteiger partial charge in [-0.2, -0.15) is 0 Å². The van der Waals surface area contributed by atoms with Gasteiger partial charge in [0.15, 0.2) is 5.82 Å². The lowest BCUT2D eigenvalue weighted by Crippen LogP contribution is -2.18. The molecule has 0 radical (unpaired) electrons. The number of nitrogens with one attached hydrogen (secondary N) is 1. The van der Waals surface area contributed by atoms with Crippen molar-refractivity contribution in [2.45, 2.75) is 39.7 Å². The summed E-state index contributed by atoms with van der Waals surface area (Å²) in [4.78, 5) is 9.09. The summed E-state index contributed by atoms with van der Waals surface area (Å²) in [6.45, 7) is 9.17. The zero-order valence-corrected chi connectivity index (χ0v) is 11.7. The van der Waals surface area contributed by atoms with E-state index in [1.807, 2.05) is 27.8 Å². The highest BCUT2D eigenvalue weighted by Gasteiger charge is 2.16. The van der Waals surface area contributed by atoms with Crippen LogP contribution in [0.1, 0.15) is 48.6 Å². The Morgan fingerprint density at radius 2 is 1.71 bits per heavy atom. The van der Waals surface area contributed by atoms with E-state index in [-0.39, 0.29) is 6.10 Å². The maximum Gasteiger partial charge on any atom is 0.157 e. The predicted octanol–water partition coefficient (Wildman–Crippen LogP) is 2.12. The molecular weight excluding hydrogens is 214 g/mol. The van der Waals surface area contributed by atoms with Crippen LogP contribution in [-0.2, 0) is 4.74 Å². The van der Waals surface area contributed by atoms with Crippen molar-refractivity contribution in [2.24, 2.45) is 0 Å². The van der Waals surface area contributed by atoms with Crippen molar-refractivity contribution in [2.75, 3.05) is 20.7 Å². The third kappa shape index (κ3) is 3.23. The second kappa shape index (κ2) is 6.07. The van der Waals surface area contributed by atoms with Crippen LogP contribution in [0.2, 0.25) is 0 Å². The largest absolute Gasteiger partial charge is 0.374 e. The SMILES string of the molecule is CNCC(C)c1c(C)nc(C(C)OC)nc1C. The van der Waals surface area contributed by atoms with Gasteiger partial charge in [0.1, 0.15) is 6.10 Å². The lowest BCUT2D eigenvalue weighted by atomic mass is 9.98. The van der Waals surface area contributed by atoms with Gasteiger partial charge in [-0.15, -0.1) is 0 Å². The molecule has 1 aromatic heterocycles. The molecule has 0 aromatic carbocycles. The van der Waals surface area contributed by atoms with Gasteiger partial charge in [0.25, 0.3) is 0 Å². The molecule has 0 fully saturated rings. The fourth-order valence-corrected chi connectivity index (χ4v) is 2.16. The minimum absolute atomic E-state index is 0.0546. The van der Waals surface area contributed by atoms with Gasteiger partial charge >= 0.3 is 0 Å². The molecule has 0 saturated heterocycles. The average molecular weight is 237 g/mol. The van der Waals surface area contributed by atoms with Crippen molar-refractivity contribution < 1.29 is 4.74 Å². The highest BCUT2D eigenvalue weighted by atomic mass is 16.5. The summed E-state index contributed by atoms with van der Waals surface area (Å²) in [7, 11) is 3.64. The molecule has 17 heavy (non-hydrogen) atoms. The number of hydrogen-bond donors (Lipinski definition) is 1. The Hall–Kier alpha value is -1.00. The van der Waals surface area contributed by atoms with Crippen molar-refractivity contribution in [3.05, 3.63) is 22.8 Å². The molecule has 0 amide bonds. The van der Waals surface area contributed by atoms with E-state index >= 15 is 0 Å². The van der Waals surface area contributed by atoms with Gasteiger partial charge in [0.2, 0.25) is 0 Å². The molecule has 2 atom stereocenters. The second-order valence-corrected chi connectivity index (χ2v) is 4.50. The molecule has 0 aliphatic carbocycles. The normalized spacial score (nSPS) is 14.7. The van der Waals surface area contributed by atoms with Gasteiger partial charge in [-0.05, 0) is 39.3 Å². The van der Waals surface area contributed by atoms with E-state index in [4.69, 9.17) is 4.74 Å². The molecule has 0 aliphatic heterocycles. The van der Waals surface area contributed by atoms with Crippen molar-refractivity contribution in [3.63, 3.8) is 0 Å². The Labute approximate surface area is 104 Å². The van der Waals surface area contributed by atoms with Crippen LogP contribution in [-0.4, -0.2) is 30.7 Å². The lowest BCUT2D eigenvalue weighted by molar-refractivity contribution is 0.111. The van der Waals surface area contributed by atoms with E-state index in [9.17, 15) is 0 Å². The molecule has 2 unspecified atom stereocenters. The summed E-state index contributed by atoms with van der Waals surface area (Å²) in [6, 6.07) is 0. The lowest BCUT2D eigenvalue weighted by Gasteiger charge is -2.18. The monoisotopic (exact) mass is 237 g/mol. The minimum atomic E-state index is -0.0546. The van der Waals surface area contributed by atoms with Crippen molar-refractivity contribution in [1.82, 2.24) is 15.3 Å². The Bertz CT molecular complexity index is 356. The molecule has 4 heteroatoms. The van der Waals surface area contributed by atoms with Crippen LogP contribution in [0.3, 0.4) is 0 Å². The van der Waals surface area contributed by atoms with E-state index in [0.29, 0.717) is 5.92 Å². The van der Waals surface area contributed by atoms with Crippen LogP contribution in [0.4, 0.5) is 0 Å². The summed E-state index contributed by atoms with van der Waals surface area (Å²) < 4.78 is 5.26. The first-order valence-electron chi connectivity index (χ1n) is 6.03. The molecule has 4 nitrogen and oxygen atoms in total. The minimum Gasteiger partial charge on any atom is -0.374 e. The van der Waals surface area contributed by atoms with Crippen molar-refractivity contribution in [3.8, 4) is 0 Å². The van der Waals surface area contributed by atoms with Crippen LogP contribution >= 0.6 is 0 Å². The second-order valence-electron chi connectivity index (χ2n) is 4.50. The Morgan fingerprint density at radius 3 is 2.12 bits per heavy atom. The number of methoxy groups -OCH3 is 1. The topological polar surface area (TPSA) is 47.0 Å². The maximum absolute atomic E-state index is 5.26. The van der Waals surface area contributed by atoms with Crippen LogP contribution in [0.15, 0.2) is 0 Å². The summed E-state index contributed by atoms with van der Waals surface area (Å²) in [5, 5.41) is 3.19. The molecule has 0 saturated carbocycles. The molecule has 1 rings (SSSR count). The molecule has 0 aliphatic rings. The molecule has 0 spiro atoms. The van der Waals surface area contributed by atoms with Crippen LogP contribution in [0, 0.1) is 13.8 Å². The van der Waals surface area contributed by atoms with Gasteiger partial charge in [-0.25, -0.2) is 9.97 Å². The zero-order chi connectivity index (χ0) is 13.0. The van der Waals surface area contributed by atoms with E-state index in [2.05, 4.69) is 22.2 Å². The standard InChI is InChI=1S/C13H23N3O/c1-8(7-14-5)12-9(2)15-13(11(4)17-6)16-10(12)3/h8,11,14H,7H2,1-6H3. The molecule has 1 heterocycles. The van der Waals surface area contributed by atoms with Crippen LogP contribution in [0.5, 0.6) is 0 Å². The van der Waals surface area contributed by atoms with Crippen molar-refractivity contribution in [1.29, 1.82) is 0 Å². The number of hydrogen-bond acceptors (Lipinski definition) is 4. The Balaban J connectivity index is 3.10. The van der Waals surface area contributed by atoms with Crippen LogP contribution in [0.25, 0.3) is 0 Å². The third-order valence-corrected chi connectivity index (χ3v) is 3.06. The van der Waals surface area contributed by atoms with E-state index in [0.717, 1.165) is 23.8 Å². The molecule has 1 aromatic rings. The average Bonchev–Trinajstić information content (AvgIpc) is 2.27. The number of nitrogens with zero attached hydrogens (tertiary/aromatic N) is 2. The number of aromatic nitrogens is 2.